The number of hydrogen-bond acceptors (Lipinski definition) is 4. The summed E-state index contributed by atoms with van der Waals surface area (Å²) in [5.74, 6) is 0. The van der Waals surface area contributed by atoms with E-state index in [0.717, 1.165) is 0 Å². The van der Waals surface area contributed by atoms with Gasteiger partial charge in [-0.3, -0.25) is 4.72 Å². The Kier molecular flexibility index (Phi) is 4.49. The maximum absolute atomic E-state index is 11.9. The minimum absolute atomic E-state index is 0.156. The van der Waals surface area contributed by atoms with E-state index in [1.165, 1.54) is 18.2 Å². The molecule has 0 saturated carbocycles. The van der Waals surface area contributed by atoms with Crippen LogP contribution < -0.4 is 14.6 Å². The number of hydrogen-bond donors (Lipinski definition) is 3. The van der Waals surface area contributed by atoms with E-state index < -0.39 is 25.8 Å². The van der Waals surface area contributed by atoms with Crippen molar-refractivity contribution in [3.63, 3.8) is 0 Å². The molecular weight excluding hydrogens is 302 g/mol. The second-order valence-electron chi connectivity index (χ2n) is 5.48. The van der Waals surface area contributed by atoms with Gasteiger partial charge >= 0.3 is 0 Å². The molecular formula is C11H19N3O4S2. The number of benzene rings is 1. The van der Waals surface area contributed by atoms with Crippen LogP contribution in [0.25, 0.3) is 0 Å². The number of sulfonamides is 1. The molecule has 0 aliphatic heterocycles. The van der Waals surface area contributed by atoms with Crippen molar-refractivity contribution in [1.82, 2.24) is 4.72 Å². The molecule has 0 aromatic heterocycles. The molecule has 1 aromatic rings. The van der Waals surface area contributed by atoms with Gasteiger partial charge in [0, 0.05) is 5.54 Å². The van der Waals surface area contributed by atoms with Gasteiger partial charge in [-0.25, -0.2) is 13.6 Å². The molecule has 1 aromatic carbocycles. The van der Waals surface area contributed by atoms with Gasteiger partial charge in [0.1, 0.15) is 0 Å². The fourth-order valence-corrected chi connectivity index (χ4v) is 3.37. The van der Waals surface area contributed by atoms with Gasteiger partial charge < -0.3 is 0 Å². The smallest absolute Gasteiger partial charge is 0.271 e. The van der Waals surface area contributed by atoms with Gasteiger partial charge in [0.2, 0.25) is 10.0 Å². The maximum Gasteiger partial charge on any atom is 0.299 e. The van der Waals surface area contributed by atoms with Crippen molar-refractivity contribution in [2.75, 3.05) is 4.72 Å². The van der Waals surface area contributed by atoms with Crippen LogP contribution in [0.2, 0.25) is 0 Å². The van der Waals surface area contributed by atoms with E-state index in [1.54, 1.807) is 27.7 Å². The standard InChI is InChI=1S/C11H19N3O4S2/c1-8-5-6-9(19(12,15)16)7-10(8)13-20(17,18)14-11(2,3)4/h5-7,13-14H,1-4H3,(H2,12,15,16). The highest BCUT2D eigenvalue weighted by Crippen LogP contribution is 2.20. The molecule has 1 rings (SSSR count). The molecule has 0 saturated heterocycles. The lowest BCUT2D eigenvalue weighted by atomic mass is 10.1. The maximum atomic E-state index is 11.9. The van der Waals surface area contributed by atoms with Crippen LogP contribution in [0.4, 0.5) is 5.69 Å². The monoisotopic (exact) mass is 321 g/mol. The Hall–Kier alpha value is -1.16. The summed E-state index contributed by atoms with van der Waals surface area (Å²) < 4.78 is 51.1. The number of primary sulfonamides is 1. The molecule has 0 bridgehead atoms. The van der Waals surface area contributed by atoms with Crippen molar-refractivity contribution in [2.45, 2.75) is 38.1 Å². The average Bonchev–Trinajstić information content (AvgIpc) is 2.15. The first-order valence-electron chi connectivity index (χ1n) is 5.75. The van der Waals surface area contributed by atoms with Crippen molar-refractivity contribution < 1.29 is 16.8 Å². The van der Waals surface area contributed by atoms with Crippen LogP contribution in [-0.4, -0.2) is 22.4 Å². The van der Waals surface area contributed by atoms with Crippen LogP contribution in [0.15, 0.2) is 23.1 Å². The summed E-state index contributed by atoms with van der Waals surface area (Å²) in [6.07, 6.45) is 0. The highest BCUT2D eigenvalue weighted by molar-refractivity contribution is 7.90. The summed E-state index contributed by atoms with van der Waals surface area (Å²) in [4.78, 5) is -0.156. The summed E-state index contributed by atoms with van der Waals surface area (Å²) in [6.45, 7) is 6.74. The SMILES string of the molecule is Cc1ccc(S(N)(=O)=O)cc1NS(=O)(=O)NC(C)(C)C. The summed E-state index contributed by atoms with van der Waals surface area (Å²) >= 11 is 0. The van der Waals surface area contributed by atoms with Crippen LogP contribution in [0.5, 0.6) is 0 Å². The van der Waals surface area contributed by atoms with Crippen LogP contribution in [0.1, 0.15) is 26.3 Å². The number of nitrogens with one attached hydrogen (secondary N) is 2. The van der Waals surface area contributed by atoms with Crippen molar-refractivity contribution in [2.24, 2.45) is 5.14 Å². The third-order valence-electron chi connectivity index (χ3n) is 2.22. The summed E-state index contributed by atoms with van der Waals surface area (Å²) in [7, 11) is -7.70. The molecule has 0 spiro atoms. The third kappa shape index (κ3) is 5.08. The number of aryl methyl sites for hydroxylation is 1. The van der Waals surface area contributed by atoms with Crippen LogP contribution in [-0.2, 0) is 20.2 Å². The third-order valence-corrected chi connectivity index (χ3v) is 4.50. The molecule has 0 aliphatic rings. The van der Waals surface area contributed by atoms with Gasteiger partial charge in [-0.2, -0.15) is 13.1 Å². The Labute approximate surface area is 119 Å². The number of anilines is 1. The average molecular weight is 321 g/mol. The quantitative estimate of drug-likeness (QED) is 0.756. The Morgan fingerprint density at radius 2 is 1.65 bits per heavy atom. The highest BCUT2D eigenvalue weighted by Gasteiger charge is 2.21. The zero-order valence-corrected chi connectivity index (χ0v) is 13.4. The van der Waals surface area contributed by atoms with Gasteiger partial charge in [0.15, 0.2) is 0 Å². The normalized spacial score (nSPS) is 13.2. The van der Waals surface area contributed by atoms with Crippen molar-refractivity contribution >= 4 is 25.9 Å². The zero-order valence-electron chi connectivity index (χ0n) is 11.8. The molecule has 7 nitrogen and oxygen atoms in total. The zero-order chi connectivity index (χ0) is 15.8. The minimum atomic E-state index is -3.89. The van der Waals surface area contributed by atoms with Crippen molar-refractivity contribution in [3.8, 4) is 0 Å². The Morgan fingerprint density at radius 1 is 1.10 bits per heavy atom. The molecule has 114 valence electrons. The molecule has 0 heterocycles. The Bertz CT molecular complexity index is 704. The van der Waals surface area contributed by atoms with Gasteiger partial charge in [-0.15, -0.1) is 0 Å². The molecule has 0 fully saturated rings. The van der Waals surface area contributed by atoms with Crippen LogP contribution in [0.3, 0.4) is 0 Å². The number of rotatable bonds is 4. The molecule has 0 amide bonds. The van der Waals surface area contributed by atoms with Crippen LogP contribution in [0, 0.1) is 6.92 Å². The summed E-state index contributed by atoms with van der Waals surface area (Å²) in [5.41, 5.74) is 0.0852. The predicted molar refractivity (Wildman–Crippen MR) is 78.0 cm³/mol. The minimum Gasteiger partial charge on any atom is -0.271 e. The van der Waals surface area contributed by atoms with Gasteiger partial charge in [-0.1, -0.05) is 6.07 Å². The van der Waals surface area contributed by atoms with Crippen LogP contribution >= 0.6 is 0 Å². The van der Waals surface area contributed by atoms with E-state index in [1.807, 2.05) is 0 Å². The first kappa shape index (κ1) is 16.9. The van der Waals surface area contributed by atoms with E-state index in [0.29, 0.717) is 5.56 Å². The molecule has 0 unspecified atom stereocenters. The number of nitrogens with two attached hydrogens (primary N) is 1. The van der Waals surface area contributed by atoms with E-state index in [9.17, 15) is 16.8 Å². The lowest BCUT2D eigenvalue weighted by Crippen LogP contribution is -2.43. The van der Waals surface area contributed by atoms with Gasteiger partial charge in [0.25, 0.3) is 10.2 Å². The largest absolute Gasteiger partial charge is 0.299 e. The van der Waals surface area contributed by atoms with Gasteiger partial charge in [-0.05, 0) is 45.4 Å². The highest BCUT2D eigenvalue weighted by atomic mass is 32.2. The molecule has 9 heteroatoms. The fourth-order valence-electron chi connectivity index (χ4n) is 1.46. The first-order valence-corrected chi connectivity index (χ1v) is 8.78. The Balaban J connectivity index is 3.16. The topological polar surface area (TPSA) is 118 Å². The Morgan fingerprint density at radius 3 is 2.10 bits per heavy atom. The molecule has 0 aliphatic carbocycles. The van der Waals surface area contributed by atoms with E-state index in [4.69, 9.17) is 5.14 Å². The molecule has 4 N–H and O–H groups in total. The van der Waals surface area contributed by atoms with E-state index in [2.05, 4.69) is 9.44 Å². The van der Waals surface area contributed by atoms with Gasteiger partial charge in [0.05, 0.1) is 10.6 Å². The fraction of sp³-hybridized carbons (Fsp3) is 0.455. The van der Waals surface area contributed by atoms with E-state index >= 15 is 0 Å². The first-order chi connectivity index (χ1) is 8.80. The second kappa shape index (κ2) is 5.32. The summed E-state index contributed by atoms with van der Waals surface area (Å²) in [6, 6.07) is 3.99. The lowest BCUT2D eigenvalue weighted by molar-refractivity contribution is 0.494. The summed E-state index contributed by atoms with van der Waals surface area (Å²) in [5, 5.41) is 5.02. The lowest BCUT2D eigenvalue weighted by Gasteiger charge is -2.21. The van der Waals surface area contributed by atoms with Crippen molar-refractivity contribution in [3.05, 3.63) is 23.8 Å². The van der Waals surface area contributed by atoms with E-state index in [-0.39, 0.29) is 10.6 Å². The van der Waals surface area contributed by atoms with Crippen molar-refractivity contribution in [1.29, 1.82) is 0 Å². The molecule has 0 radical (unpaired) electrons. The predicted octanol–water partition coefficient (Wildman–Crippen LogP) is 0.687. The molecule has 20 heavy (non-hydrogen) atoms. The molecule has 0 atom stereocenters. The second-order valence-corrected chi connectivity index (χ2v) is 8.46.